The number of rotatable bonds is 5. The molecule has 0 fully saturated rings. The number of nitrogens with one attached hydrogen (secondary N) is 2. The molecule has 2 N–H and O–H groups in total. The standard InChI is InChI=1S/C18H15N3O4S/c22-17-13-6-2-3-7-14(13)18(23)21(17)9-10-26(24,25)20-16-11-12-5-1-4-8-15(12)19-16/h1-8,11,19-20H,9-10H2. The maximum Gasteiger partial charge on any atom is 0.261 e. The van der Waals surface area contributed by atoms with Gasteiger partial charge in [0.2, 0.25) is 10.0 Å². The third-order valence-corrected chi connectivity index (χ3v) is 5.51. The number of imide groups is 1. The van der Waals surface area contributed by atoms with Crippen molar-refractivity contribution in [3.05, 3.63) is 65.7 Å². The maximum atomic E-state index is 12.3. The average Bonchev–Trinajstić information content (AvgIpc) is 3.12. The first-order valence-electron chi connectivity index (χ1n) is 7.98. The number of aromatic nitrogens is 1. The molecule has 2 amide bonds. The molecule has 0 saturated carbocycles. The van der Waals surface area contributed by atoms with Crippen molar-refractivity contribution in [2.45, 2.75) is 0 Å². The largest absolute Gasteiger partial charge is 0.341 e. The molecule has 0 bridgehead atoms. The zero-order valence-corrected chi connectivity index (χ0v) is 14.4. The topological polar surface area (TPSA) is 99.3 Å². The van der Waals surface area contributed by atoms with E-state index in [2.05, 4.69) is 9.71 Å². The molecule has 1 aromatic heterocycles. The lowest BCUT2D eigenvalue weighted by atomic mass is 10.1. The molecule has 0 aliphatic carbocycles. The minimum Gasteiger partial charge on any atom is -0.341 e. The Morgan fingerprint density at radius 1 is 0.923 bits per heavy atom. The molecule has 132 valence electrons. The predicted octanol–water partition coefficient (Wildman–Crippen LogP) is 2.21. The Kier molecular flexibility index (Phi) is 3.77. The Morgan fingerprint density at radius 3 is 2.19 bits per heavy atom. The molecule has 0 unspecified atom stereocenters. The normalized spacial score (nSPS) is 14.1. The molecule has 0 radical (unpaired) electrons. The Bertz CT molecular complexity index is 1070. The Hall–Kier alpha value is -3.13. The van der Waals surface area contributed by atoms with Crippen LogP contribution in [0, 0.1) is 0 Å². The minimum atomic E-state index is -3.73. The highest BCUT2D eigenvalue weighted by Crippen LogP contribution is 2.23. The van der Waals surface area contributed by atoms with Crippen LogP contribution in [0.3, 0.4) is 0 Å². The summed E-state index contributed by atoms with van der Waals surface area (Å²) in [5.74, 6) is -0.972. The van der Waals surface area contributed by atoms with E-state index in [-0.39, 0.29) is 12.3 Å². The Morgan fingerprint density at radius 2 is 1.54 bits per heavy atom. The summed E-state index contributed by atoms with van der Waals surface area (Å²) in [4.78, 5) is 28.5. The number of para-hydroxylation sites is 1. The molecule has 0 spiro atoms. The number of fused-ring (bicyclic) bond motifs is 2. The lowest BCUT2D eigenvalue weighted by molar-refractivity contribution is 0.0664. The first kappa shape index (κ1) is 16.3. The molecule has 2 aromatic carbocycles. The summed E-state index contributed by atoms with van der Waals surface area (Å²) in [5, 5.41) is 0.880. The summed E-state index contributed by atoms with van der Waals surface area (Å²) < 4.78 is 27.1. The molecule has 0 atom stereocenters. The van der Waals surface area contributed by atoms with Gasteiger partial charge in [-0.2, -0.15) is 0 Å². The number of carbonyl (C=O) groups excluding carboxylic acids is 2. The molecule has 7 nitrogen and oxygen atoms in total. The van der Waals surface area contributed by atoms with Crippen LogP contribution in [0.1, 0.15) is 20.7 Å². The van der Waals surface area contributed by atoms with E-state index in [0.717, 1.165) is 15.8 Å². The van der Waals surface area contributed by atoms with Crippen LogP contribution >= 0.6 is 0 Å². The average molecular weight is 369 g/mol. The van der Waals surface area contributed by atoms with Crippen LogP contribution in [0.25, 0.3) is 10.9 Å². The van der Waals surface area contributed by atoms with Gasteiger partial charge in [-0.3, -0.25) is 19.2 Å². The van der Waals surface area contributed by atoms with Gasteiger partial charge in [-0.05, 0) is 24.3 Å². The lowest BCUT2D eigenvalue weighted by Gasteiger charge is -2.14. The Balaban J connectivity index is 1.47. The van der Waals surface area contributed by atoms with Gasteiger partial charge in [-0.15, -0.1) is 0 Å². The molecular formula is C18H15N3O4S. The van der Waals surface area contributed by atoms with E-state index in [0.29, 0.717) is 16.9 Å². The molecule has 0 saturated heterocycles. The van der Waals surface area contributed by atoms with Crippen LogP contribution < -0.4 is 4.72 Å². The number of carbonyl (C=O) groups is 2. The SMILES string of the molecule is O=C1c2ccccc2C(=O)N1CCS(=O)(=O)Nc1cc2ccccc2[nH]1. The van der Waals surface area contributed by atoms with E-state index in [1.165, 1.54) is 0 Å². The summed E-state index contributed by atoms with van der Waals surface area (Å²) >= 11 is 0. The number of benzene rings is 2. The minimum absolute atomic E-state index is 0.206. The first-order chi connectivity index (χ1) is 12.4. The highest BCUT2D eigenvalue weighted by molar-refractivity contribution is 7.92. The van der Waals surface area contributed by atoms with Crippen molar-refractivity contribution in [3.8, 4) is 0 Å². The predicted molar refractivity (Wildman–Crippen MR) is 97.5 cm³/mol. The smallest absolute Gasteiger partial charge is 0.261 e. The summed E-state index contributed by atoms with van der Waals surface area (Å²) in [6, 6.07) is 15.6. The highest BCUT2D eigenvalue weighted by atomic mass is 32.2. The fraction of sp³-hybridized carbons (Fsp3) is 0.111. The van der Waals surface area contributed by atoms with Gasteiger partial charge in [0, 0.05) is 17.4 Å². The van der Waals surface area contributed by atoms with E-state index < -0.39 is 21.8 Å². The number of anilines is 1. The van der Waals surface area contributed by atoms with Gasteiger partial charge < -0.3 is 4.98 Å². The summed E-state index contributed by atoms with van der Waals surface area (Å²) in [5.41, 5.74) is 1.42. The highest BCUT2D eigenvalue weighted by Gasteiger charge is 2.35. The summed E-state index contributed by atoms with van der Waals surface area (Å²) in [6.45, 7) is -0.206. The van der Waals surface area contributed by atoms with E-state index >= 15 is 0 Å². The van der Waals surface area contributed by atoms with E-state index in [4.69, 9.17) is 0 Å². The molecule has 26 heavy (non-hydrogen) atoms. The number of amides is 2. The van der Waals surface area contributed by atoms with Gasteiger partial charge in [0.15, 0.2) is 0 Å². The van der Waals surface area contributed by atoms with Gasteiger partial charge >= 0.3 is 0 Å². The van der Waals surface area contributed by atoms with Gasteiger partial charge in [0.05, 0.1) is 16.9 Å². The van der Waals surface area contributed by atoms with Crippen molar-refractivity contribution in [2.24, 2.45) is 0 Å². The van der Waals surface area contributed by atoms with Crippen LogP contribution in [0.4, 0.5) is 5.82 Å². The number of hydrogen-bond acceptors (Lipinski definition) is 4. The van der Waals surface area contributed by atoms with Gasteiger partial charge in [0.1, 0.15) is 5.82 Å². The van der Waals surface area contributed by atoms with Crippen molar-refractivity contribution < 1.29 is 18.0 Å². The summed E-state index contributed by atoms with van der Waals surface area (Å²) in [6.07, 6.45) is 0. The Labute approximate surface area is 149 Å². The van der Waals surface area contributed by atoms with Crippen molar-refractivity contribution in [2.75, 3.05) is 17.0 Å². The number of H-pyrrole nitrogens is 1. The molecule has 8 heteroatoms. The molecule has 1 aliphatic heterocycles. The van der Waals surface area contributed by atoms with Crippen LogP contribution in [0.2, 0.25) is 0 Å². The molecule has 4 rings (SSSR count). The third kappa shape index (κ3) is 2.84. The van der Waals surface area contributed by atoms with Crippen LogP contribution in [-0.2, 0) is 10.0 Å². The maximum absolute atomic E-state index is 12.3. The summed E-state index contributed by atoms with van der Waals surface area (Å²) in [7, 11) is -3.73. The third-order valence-electron chi connectivity index (χ3n) is 4.26. The second kappa shape index (κ2) is 5.99. The van der Waals surface area contributed by atoms with Crippen LogP contribution in [0.5, 0.6) is 0 Å². The molecule has 3 aromatic rings. The number of hydrogen-bond donors (Lipinski definition) is 2. The van der Waals surface area contributed by atoms with Crippen molar-refractivity contribution in [1.82, 2.24) is 9.88 Å². The second-order valence-electron chi connectivity index (χ2n) is 6.00. The fourth-order valence-corrected chi connectivity index (χ4v) is 3.97. The van der Waals surface area contributed by atoms with Gasteiger partial charge in [0.25, 0.3) is 11.8 Å². The second-order valence-corrected chi connectivity index (χ2v) is 7.84. The molecule has 1 aliphatic rings. The number of sulfonamides is 1. The van der Waals surface area contributed by atoms with E-state index in [1.807, 2.05) is 24.3 Å². The van der Waals surface area contributed by atoms with E-state index in [1.54, 1.807) is 30.3 Å². The molecular weight excluding hydrogens is 354 g/mol. The monoisotopic (exact) mass is 369 g/mol. The van der Waals surface area contributed by atoms with Crippen molar-refractivity contribution in [3.63, 3.8) is 0 Å². The van der Waals surface area contributed by atoms with E-state index in [9.17, 15) is 18.0 Å². The lowest BCUT2D eigenvalue weighted by Crippen LogP contribution is -2.35. The van der Waals surface area contributed by atoms with Crippen molar-refractivity contribution in [1.29, 1.82) is 0 Å². The van der Waals surface area contributed by atoms with Crippen LogP contribution in [0.15, 0.2) is 54.6 Å². The number of aromatic amines is 1. The number of nitrogens with zero attached hydrogens (tertiary/aromatic N) is 1. The zero-order valence-electron chi connectivity index (χ0n) is 13.6. The van der Waals surface area contributed by atoms with Crippen molar-refractivity contribution >= 4 is 38.6 Å². The van der Waals surface area contributed by atoms with Gasteiger partial charge in [-0.25, -0.2) is 8.42 Å². The molecule has 2 heterocycles. The van der Waals surface area contributed by atoms with Crippen LogP contribution in [-0.4, -0.2) is 42.4 Å². The van der Waals surface area contributed by atoms with Gasteiger partial charge in [-0.1, -0.05) is 30.3 Å². The fourth-order valence-electron chi connectivity index (χ4n) is 3.00. The zero-order chi connectivity index (χ0) is 18.3. The quantitative estimate of drug-likeness (QED) is 0.674. The first-order valence-corrected chi connectivity index (χ1v) is 9.63.